The van der Waals surface area contributed by atoms with Crippen LogP contribution in [0.2, 0.25) is 0 Å². The molecule has 0 spiro atoms. The first-order valence-corrected chi connectivity index (χ1v) is 7.54. The Labute approximate surface area is 127 Å². The maximum atomic E-state index is 12.1. The van der Waals surface area contributed by atoms with Crippen LogP contribution in [-0.2, 0) is 0 Å². The van der Waals surface area contributed by atoms with Crippen molar-refractivity contribution in [3.8, 4) is 11.6 Å². The Morgan fingerprint density at radius 2 is 2.27 bits per heavy atom. The maximum absolute atomic E-state index is 12.1. The van der Waals surface area contributed by atoms with Gasteiger partial charge in [0.25, 0.3) is 0 Å². The molecule has 0 aliphatic carbocycles. The number of thioether (sulfide) groups is 1. The van der Waals surface area contributed by atoms with Gasteiger partial charge in [-0.15, -0.1) is 22.0 Å². The van der Waals surface area contributed by atoms with Crippen LogP contribution in [0.5, 0.6) is 0 Å². The third-order valence-corrected chi connectivity index (χ3v) is 4.02. The molecule has 0 amide bonds. The topological polar surface area (TPSA) is 118 Å². The minimum absolute atomic E-state index is 0.275. The first-order chi connectivity index (χ1) is 10.8. The average molecular weight is 314 g/mol. The fourth-order valence-corrected chi connectivity index (χ4v) is 2.92. The van der Waals surface area contributed by atoms with Crippen LogP contribution >= 0.6 is 11.8 Å². The summed E-state index contributed by atoms with van der Waals surface area (Å²) in [6.07, 6.45) is 0. The van der Waals surface area contributed by atoms with Crippen LogP contribution in [-0.4, -0.2) is 46.0 Å². The number of fused-ring (bicyclic) bond motifs is 3. The highest BCUT2D eigenvalue weighted by Gasteiger charge is 2.14. The molecule has 0 atom stereocenters. The lowest BCUT2D eigenvalue weighted by molar-refractivity contribution is 0.880. The van der Waals surface area contributed by atoms with E-state index >= 15 is 0 Å². The number of benzene rings is 1. The van der Waals surface area contributed by atoms with Crippen molar-refractivity contribution in [2.24, 2.45) is 0 Å². The van der Waals surface area contributed by atoms with Crippen molar-refractivity contribution in [1.29, 1.82) is 0 Å². The zero-order valence-corrected chi connectivity index (χ0v) is 12.3. The lowest BCUT2D eigenvalue weighted by Gasteiger charge is -2.02. The number of hydrogen-bond acceptors (Lipinski definition) is 7. The highest BCUT2D eigenvalue weighted by molar-refractivity contribution is 7.99. The van der Waals surface area contributed by atoms with Crippen molar-refractivity contribution in [3.63, 3.8) is 0 Å². The molecule has 0 bridgehead atoms. The number of nitrogens with zero attached hydrogens (tertiary/aromatic N) is 6. The van der Waals surface area contributed by atoms with E-state index in [0.29, 0.717) is 17.0 Å². The van der Waals surface area contributed by atoms with Crippen LogP contribution in [0.25, 0.3) is 28.2 Å². The van der Waals surface area contributed by atoms with Crippen molar-refractivity contribution in [2.45, 2.75) is 11.8 Å². The SMILES string of the molecule is CCSc1ccc2[nH]c(=O)n3nc(-c4nnn[nH]4)nc3c2c1. The van der Waals surface area contributed by atoms with Crippen molar-refractivity contribution in [2.75, 3.05) is 5.75 Å². The van der Waals surface area contributed by atoms with E-state index in [2.05, 4.69) is 42.6 Å². The third kappa shape index (κ3) is 1.96. The van der Waals surface area contributed by atoms with Gasteiger partial charge in [0.1, 0.15) is 0 Å². The molecule has 4 rings (SSSR count). The maximum Gasteiger partial charge on any atom is 0.348 e. The van der Waals surface area contributed by atoms with Crippen LogP contribution in [0.1, 0.15) is 6.92 Å². The Hall–Kier alpha value is -2.75. The molecule has 9 nitrogen and oxygen atoms in total. The van der Waals surface area contributed by atoms with Gasteiger partial charge in [-0.2, -0.15) is 4.52 Å². The minimum Gasteiger partial charge on any atom is -0.305 e. The van der Waals surface area contributed by atoms with Crippen LogP contribution < -0.4 is 5.69 Å². The Bertz CT molecular complexity index is 1020. The smallest absolute Gasteiger partial charge is 0.305 e. The van der Waals surface area contributed by atoms with Gasteiger partial charge in [-0.1, -0.05) is 6.92 Å². The van der Waals surface area contributed by atoms with Gasteiger partial charge in [-0.3, -0.25) is 0 Å². The van der Waals surface area contributed by atoms with E-state index in [1.807, 2.05) is 18.2 Å². The second kappa shape index (κ2) is 4.91. The Morgan fingerprint density at radius 1 is 1.36 bits per heavy atom. The number of hydrogen-bond donors (Lipinski definition) is 2. The summed E-state index contributed by atoms with van der Waals surface area (Å²) in [5.41, 5.74) is 0.834. The number of tetrazole rings is 1. The minimum atomic E-state index is -0.357. The molecule has 0 radical (unpaired) electrons. The summed E-state index contributed by atoms with van der Waals surface area (Å²) in [7, 11) is 0. The van der Waals surface area contributed by atoms with Gasteiger partial charge in [0.15, 0.2) is 5.65 Å². The summed E-state index contributed by atoms with van der Waals surface area (Å²) in [4.78, 5) is 20.4. The predicted octanol–water partition coefficient (Wildman–Crippen LogP) is 0.863. The normalized spacial score (nSPS) is 11.5. The number of H-pyrrole nitrogens is 2. The molecular weight excluding hydrogens is 304 g/mol. The number of nitrogens with one attached hydrogen (secondary N) is 2. The lowest BCUT2D eigenvalue weighted by Crippen LogP contribution is -2.17. The number of aromatic nitrogens is 8. The highest BCUT2D eigenvalue weighted by atomic mass is 32.2. The van der Waals surface area contributed by atoms with E-state index in [9.17, 15) is 4.79 Å². The van der Waals surface area contributed by atoms with E-state index in [4.69, 9.17) is 0 Å². The molecule has 4 aromatic rings. The van der Waals surface area contributed by atoms with Crippen molar-refractivity contribution in [1.82, 2.24) is 40.2 Å². The predicted molar refractivity (Wildman–Crippen MR) is 80.7 cm³/mol. The summed E-state index contributed by atoms with van der Waals surface area (Å²) in [5, 5.41) is 18.3. The van der Waals surface area contributed by atoms with Crippen LogP contribution in [0.3, 0.4) is 0 Å². The van der Waals surface area contributed by atoms with Crippen LogP contribution in [0.15, 0.2) is 27.9 Å². The molecule has 0 saturated carbocycles. The molecule has 110 valence electrons. The van der Waals surface area contributed by atoms with E-state index in [1.54, 1.807) is 11.8 Å². The molecule has 0 unspecified atom stereocenters. The lowest BCUT2D eigenvalue weighted by atomic mass is 10.2. The van der Waals surface area contributed by atoms with Crippen molar-refractivity contribution < 1.29 is 0 Å². The average Bonchev–Trinajstić information content (AvgIpc) is 3.17. The molecule has 0 fully saturated rings. The standard InChI is InChI=1S/C12H10N8OS/c1-2-22-6-3-4-8-7(5-6)11-14-9(10-15-18-19-16-10)17-20(11)12(21)13-8/h3-5H,2H2,1H3,(H,13,21)(H,15,16,18,19). The summed E-state index contributed by atoms with van der Waals surface area (Å²) < 4.78 is 1.22. The first-order valence-electron chi connectivity index (χ1n) is 6.56. The van der Waals surface area contributed by atoms with Gasteiger partial charge >= 0.3 is 5.69 Å². The number of rotatable bonds is 3. The number of aromatic amines is 2. The Morgan fingerprint density at radius 3 is 3.05 bits per heavy atom. The second-order valence-electron chi connectivity index (χ2n) is 4.49. The zero-order chi connectivity index (χ0) is 15.1. The summed E-state index contributed by atoms with van der Waals surface area (Å²) in [6.45, 7) is 2.09. The van der Waals surface area contributed by atoms with Gasteiger partial charge in [-0.05, 0) is 34.4 Å². The molecule has 2 N–H and O–H groups in total. The zero-order valence-electron chi connectivity index (χ0n) is 11.4. The Balaban J connectivity index is 2.04. The molecule has 1 aromatic carbocycles. The van der Waals surface area contributed by atoms with Gasteiger partial charge in [-0.25, -0.2) is 14.9 Å². The fourth-order valence-electron chi connectivity index (χ4n) is 2.22. The van der Waals surface area contributed by atoms with Crippen LogP contribution in [0.4, 0.5) is 0 Å². The highest BCUT2D eigenvalue weighted by Crippen LogP contribution is 2.24. The summed E-state index contributed by atoms with van der Waals surface area (Å²) >= 11 is 1.72. The van der Waals surface area contributed by atoms with Crippen molar-refractivity contribution >= 4 is 28.3 Å². The van der Waals surface area contributed by atoms with Gasteiger partial charge in [0.2, 0.25) is 11.6 Å². The van der Waals surface area contributed by atoms with Gasteiger partial charge < -0.3 is 4.98 Å². The fraction of sp³-hybridized carbons (Fsp3) is 0.167. The van der Waals surface area contributed by atoms with E-state index in [1.165, 1.54) is 4.52 Å². The summed E-state index contributed by atoms with van der Waals surface area (Å²) in [5.74, 6) is 1.55. The molecule has 3 aromatic heterocycles. The third-order valence-electron chi connectivity index (χ3n) is 3.14. The molecule has 0 saturated heterocycles. The van der Waals surface area contributed by atoms with E-state index in [-0.39, 0.29) is 11.5 Å². The van der Waals surface area contributed by atoms with Gasteiger partial charge in [0, 0.05) is 10.3 Å². The second-order valence-corrected chi connectivity index (χ2v) is 5.83. The molecule has 0 aliphatic rings. The quantitative estimate of drug-likeness (QED) is 0.538. The first kappa shape index (κ1) is 13.0. The Kier molecular flexibility index (Phi) is 2.89. The van der Waals surface area contributed by atoms with Crippen LogP contribution in [0, 0.1) is 0 Å². The summed E-state index contributed by atoms with van der Waals surface area (Å²) in [6, 6.07) is 5.84. The molecular formula is C12H10N8OS. The van der Waals surface area contributed by atoms with Crippen molar-refractivity contribution in [3.05, 3.63) is 28.7 Å². The molecule has 10 heteroatoms. The van der Waals surface area contributed by atoms with E-state index < -0.39 is 0 Å². The largest absolute Gasteiger partial charge is 0.348 e. The molecule has 3 heterocycles. The van der Waals surface area contributed by atoms with E-state index in [0.717, 1.165) is 16.0 Å². The molecule has 0 aliphatic heterocycles. The molecule has 22 heavy (non-hydrogen) atoms. The van der Waals surface area contributed by atoms with Gasteiger partial charge in [0.05, 0.1) is 5.52 Å². The monoisotopic (exact) mass is 314 g/mol.